The summed E-state index contributed by atoms with van der Waals surface area (Å²) in [4.78, 5) is 10.6. The predicted octanol–water partition coefficient (Wildman–Crippen LogP) is 14.1. The van der Waals surface area contributed by atoms with Crippen molar-refractivity contribution in [1.29, 1.82) is 0 Å². The molecule has 0 amide bonds. The second-order valence-corrected chi connectivity index (χ2v) is 14.1. The van der Waals surface area contributed by atoms with Crippen LogP contribution >= 0.6 is 0 Å². The van der Waals surface area contributed by atoms with Gasteiger partial charge in [0.1, 0.15) is 0 Å². The Morgan fingerprint density at radius 2 is 0.778 bits per heavy atom. The van der Waals surface area contributed by atoms with Crippen molar-refractivity contribution in [3.63, 3.8) is 0 Å². The molecular weight excluding hydrogens is 653 g/mol. The van der Waals surface area contributed by atoms with Crippen molar-refractivity contribution in [2.24, 2.45) is 0 Å². The average molecular weight is 685 g/mol. The highest BCUT2D eigenvalue weighted by atomic mass is 14.9. The highest BCUT2D eigenvalue weighted by molar-refractivity contribution is 6.21. The molecule has 0 aliphatic carbocycles. The van der Waals surface area contributed by atoms with Crippen molar-refractivity contribution in [2.45, 2.75) is 0 Å². The minimum Gasteiger partial charge on any atom is -0.228 e. The highest BCUT2D eigenvalue weighted by Crippen LogP contribution is 2.43. The van der Waals surface area contributed by atoms with Gasteiger partial charge in [-0.25, -0.2) is 9.97 Å². The Labute approximate surface area is 312 Å². The van der Waals surface area contributed by atoms with Gasteiger partial charge in [0.2, 0.25) is 0 Å². The molecule has 0 spiro atoms. The molecule has 0 radical (unpaired) electrons. The minimum atomic E-state index is 0.705. The van der Waals surface area contributed by atoms with Gasteiger partial charge >= 0.3 is 0 Å². The molecule has 0 saturated carbocycles. The summed E-state index contributed by atoms with van der Waals surface area (Å²) in [6.45, 7) is 0. The van der Waals surface area contributed by atoms with Gasteiger partial charge in [0.05, 0.1) is 11.4 Å². The monoisotopic (exact) mass is 684 g/mol. The summed E-state index contributed by atoms with van der Waals surface area (Å²) in [5.74, 6) is 0.705. The second kappa shape index (κ2) is 12.2. The second-order valence-electron chi connectivity index (χ2n) is 14.1. The molecule has 0 atom stereocenters. The molecule has 2 nitrogen and oxygen atoms in total. The van der Waals surface area contributed by atoms with Crippen LogP contribution in [0.25, 0.3) is 110 Å². The zero-order valence-corrected chi connectivity index (χ0v) is 29.4. The summed E-state index contributed by atoms with van der Waals surface area (Å²) < 4.78 is 0. The van der Waals surface area contributed by atoms with E-state index in [0.717, 1.165) is 33.6 Å². The number of fused-ring (bicyclic) bond motifs is 9. The number of rotatable bonds is 4. The predicted molar refractivity (Wildman–Crippen MR) is 229 cm³/mol. The Morgan fingerprint density at radius 1 is 0.259 bits per heavy atom. The van der Waals surface area contributed by atoms with Crippen molar-refractivity contribution in [1.82, 2.24) is 9.97 Å². The van der Waals surface area contributed by atoms with Crippen LogP contribution in [-0.2, 0) is 0 Å². The summed E-state index contributed by atoms with van der Waals surface area (Å²) in [5, 5.41) is 14.9. The third-order valence-electron chi connectivity index (χ3n) is 11.0. The molecule has 1 heterocycles. The Morgan fingerprint density at radius 3 is 1.54 bits per heavy atom. The number of nitrogens with zero attached hydrogens (tertiary/aromatic N) is 2. The molecule has 0 aliphatic rings. The van der Waals surface area contributed by atoms with Crippen LogP contribution in [-0.4, -0.2) is 9.97 Å². The maximum atomic E-state index is 5.32. The number of hydrogen-bond acceptors (Lipinski definition) is 2. The van der Waals surface area contributed by atoms with E-state index in [2.05, 4.69) is 188 Å². The zero-order chi connectivity index (χ0) is 35.6. The molecule has 0 fully saturated rings. The molecule has 1 aromatic heterocycles. The first kappa shape index (κ1) is 30.5. The Bertz CT molecular complexity index is 3270. The first-order chi connectivity index (χ1) is 26.8. The Hall–Kier alpha value is -7.16. The van der Waals surface area contributed by atoms with Gasteiger partial charge in [-0.2, -0.15) is 0 Å². The summed E-state index contributed by atoms with van der Waals surface area (Å²) >= 11 is 0. The fourth-order valence-corrected chi connectivity index (χ4v) is 8.47. The lowest BCUT2D eigenvalue weighted by Gasteiger charge is -2.17. The lowest BCUT2D eigenvalue weighted by Crippen LogP contribution is -1.97. The summed E-state index contributed by atoms with van der Waals surface area (Å²) in [5.41, 5.74) is 7.26. The molecule has 54 heavy (non-hydrogen) atoms. The minimum absolute atomic E-state index is 0.705. The van der Waals surface area contributed by atoms with Crippen molar-refractivity contribution < 1.29 is 0 Å². The molecule has 2 heteroatoms. The van der Waals surface area contributed by atoms with Crippen LogP contribution in [0.4, 0.5) is 0 Å². The largest absolute Gasteiger partial charge is 0.228 e. The molecule has 250 valence electrons. The van der Waals surface area contributed by atoms with E-state index in [0.29, 0.717) is 5.82 Å². The molecule has 0 aliphatic heterocycles. The fraction of sp³-hybridized carbons (Fsp3) is 0. The molecule has 11 rings (SSSR count). The fourth-order valence-electron chi connectivity index (χ4n) is 8.47. The average Bonchev–Trinajstić information content (AvgIpc) is 3.25. The van der Waals surface area contributed by atoms with Gasteiger partial charge in [-0.1, -0.05) is 176 Å². The summed E-state index contributed by atoms with van der Waals surface area (Å²) in [7, 11) is 0. The van der Waals surface area contributed by atoms with E-state index in [9.17, 15) is 0 Å². The number of benzene rings is 10. The van der Waals surface area contributed by atoms with Crippen LogP contribution < -0.4 is 0 Å². The molecule has 0 saturated heterocycles. The summed E-state index contributed by atoms with van der Waals surface area (Å²) in [6, 6.07) is 69.9. The Kier molecular flexibility index (Phi) is 6.90. The van der Waals surface area contributed by atoms with Crippen LogP contribution in [0.3, 0.4) is 0 Å². The van der Waals surface area contributed by atoms with E-state index in [4.69, 9.17) is 9.97 Å². The highest BCUT2D eigenvalue weighted by Gasteiger charge is 2.19. The third kappa shape index (κ3) is 4.88. The number of aromatic nitrogens is 2. The van der Waals surface area contributed by atoms with Gasteiger partial charge in [0.15, 0.2) is 5.82 Å². The topological polar surface area (TPSA) is 25.8 Å². The van der Waals surface area contributed by atoms with Crippen molar-refractivity contribution in [3.8, 4) is 45.0 Å². The van der Waals surface area contributed by atoms with Gasteiger partial charge in [-0.05, 0) is 94.0 Å². The number of hydrogen-bond donors (Lipinski definition) is 0. The summed E-state index contributed by atoms with van der Waals surface area (Å²) in [6.07, 6.45) is 0. The molecule has 0 unspecified atom stereocenters. The van der Waals surface area contributed by atoms with E-state index in [1.807, 2.05) is 6.07 Å². The van der Waals surface area contributed by atoms with E-state index in [1.165, 1.54) is 70.2 Å². The van der Waals surface area contributed by atoms with Crippen molar-refractivity contribution in [2.75, 3.05) is 0 Å². The quantitative estimate of drug-likeness (QED) is 0.136. The lowest BCUT2D eigenvalue weighted by molar-refractivity contribution is 1.18. The molecule has 11 aromatic rings. The van der Waals surface area contributed by atoms with Gasteiger partial charge in [0, 0.05) is 16.7 Å². The SMILES string of the molecule is c1ccc(-c2nc(-c3ccc4c(ccc5c6ccccc6ccc45)c3)cc(-c3ccccc3-c3c4ccccc4cc4c3ccc3ccccc34)n2)cc1. The van der Waals surface area contributed by atoms with Crippen LogP contribution in [0.2, 0.25) is 0 Å². The smallest absolute Gasteiger partial charge is 0.160 e. The Balaban J connectivity index is 1.15. The van der Waals surface area contributed by atoms with E-state index < -0.39 is 0 Å². The zero-order valence-electron chi connectivity index (χ0n) is 29.4. The molecule has 0 N–H and O–H groups in total. The third-order valence-corrected chi connectivity index (χ3v) is 11.0. The van der Waals surface area contributed by atoms with Crippen LogP contribution in [0.5, 0.6) is 0 Å². The van der Waals surface area contributed by atoms with Gasteiger partial charge in [-0.15, -0.1) is 0 Å². The normalized spacial score (nSPS) is 11.7. The first-order valence-electron chi connectivity index (χ1n) is 18.5. The van der Waals surface area contributed by atoms with Crippen LogP contribution in [0, 0.1) is 0 Å². The van der Waals surface area contributed by atoms with Crippen LogP contribution in [0.15, 0.2) is 194 Å². The maximum absolute atomic E-state index is 5.32. The van der Waals surface area contributed by atoms with Crippen LogP contribution in [0.1, 0.15) is 0 Å². The van der Waals surface area contributed by atoms with Crippen molar-refractivity contribution in [3.05, 3.63) is 194 Å². The van der Waals surface area contributed by atoms with E-state index in [1.54, 1.807) is 0 Å². The molecule has 0 bridgehead atoms. The van der Waals surface area contributed by atoms with Gasteiger partial charge in [0.25, 0.3) is 0 Å². The van der Waals surface area contributed by atoms with Crippen molar-refractivity contribution >= 4 is 64.6 Å². The lowest BCUT2D eigenvalue weighted by atomic mass is 9.87. The first-order valence-corrected chi connectivity index (χ1v) is 18.5. The molecule has 10 aromatic carbocycles. The van der Waals surface area contributed by atoms with Gasteiger partial charge < -0.3 is 0 Å². The van der Waals surface area contributed by atoms with Gasteiger partial charge in [-0.3, -0.25) is 0 Å². The van der Waals surface area contributed by atoms with E-state index in [-0.39, 0.29) is 0 Å². The standard InChI is InChI=1S/C52H32N2/c1-2-14-35(15-3-1)52-53-49(38-25-26-41-37(30-38)24-28-43-39-17-7-4-12-33(39)22-27-44(41)43)32-50(54-52)45-20-10-11-21-46(45)51-42-19-9-6-16-36(42)31-48-40-18-8-5-13-34(40)23-29-47(48)51/h1-32H. The maximum Gasteiger partial charge on any atom is 0.160 e. The molecular formula is C52H32N2. The van der Waals surface area contributed by atoms with E-state index >= 15 is 0 Å².